The molecule has 3 heteroatoms. The van der Waals surface area contributed by atoms with E-state index < -0.39 is 0 Å². The zero-order valence-corrected chi connectivity index (χ0v) is 10.7. The standard InChI is InChI=1S/C12H24N2S/c1-3-4-5-8-14(2)9-6-12-11-15-10-7-13-12/h3,12-13H,1,4-11H2,2H3. The van der Waals surface area contributed by atoms with Crippen LogP contribution < -0.4 is 5.32 Å². The Morgan fingerprint density at radius 3 is 3.07 bits per heavy atom. The molecule has 0 spiro atoms. The number of hydrogen-bond donors (Lipinski definition) is 1. The van der Waals surface area contributed by atoms with E-state index in [-0.39, 0.29) is 0 Å². The lowest BCUT2D eigenvalue weighted by atomic mass is 10.2. The van der Waals surface area contributed by atoms with E-state index in [0.29, 0.717) is 0 Å². The number of nitrogens with one attached hydrogen (secondary N) is 1. The molecule has 0 aromatic heterocycles. The second kappa shape index (κ2) is 8.20. The minimum atomic E-state index is 0.741. The van der Waals surface area contributed by atoms with Gasteiger partial charge in [0.05, 0.1) is 0 Å². The zero-order chi connectivity index (χ0) is 10.9. The predicted molar refractivity (Wildman–Crippen MR) is 70.7 cm³/mol. The lowest BCUT2D eigenvalue weighted by Crippen LogP contribution is -2.39. The molecule has 0 aromatic carbocycles. The SMILES string of the molecule is C=CCCCN(C)CCC1CSCCN1. The predicted octanol–water partition coefficient (Wildman–Crippen LogP) is 1.98. The van der Waals surface area contributed by atoms with Gasteiger partial charge in [-0.3, -0.25) is 0 Å². The van der Waals surface area contributed by atoms with E-state index in [1.54, 1.807) is 0 Å². The first-order chi connectivity index (χ1) is 7.33. The molecule has 0 aliphatic carbocycles. The van der Waals surface area contributed by atoms with Gasteiger partial charge < -0.3 is 10.2 Å². The van der Waals surface area contributed by atoms with Crippen molar-refractivity contribution < 1.29 is 0 Å². The van der Waals surface area contributed by atoms with Gasteiger partial charge in [-0.15, -0.1) is 6.58 Å². The first-order valence-corrected chi connectivity index (χ1v) is 7.09. The largest absolute Gasteiger partial charge is 0.312 e. The highest BCUT2D eigenvalue weighted by Crippen LogP contribution is 2.10. The molecule has 2 nitrogen and oxygen atoms in total. The molecular formula is C12H24N2S. The smallest absolute Gasteiger partial charge is 0.0170 e. The maximum atomic E-state index is 3.75. The van der Waals surface area contributed by atoms with Crippen molar-refractivity contribution in [2.75, 3.05) is 38.2 Å². The lowest BCUT2D eigenvalue weighted by molar-refractivity contribution is 0.309. The quantitative estimate of drug-likeness (QED) is 0.530. The molecule has 1 atom stereocenters. The van der Waals surface area contributed by atoms with Gasteiger partial charge in [-0.1, -0.05) is 6.08 Å². The highest BCUT2D eigenvalue weighted by Gasteiger charge is 2.12. The van der Waals surface area contributed by atoms with Gasteiger partial charge in [0.25, 0.3) is 0 Å². The van der Waals surface area contributed by atoms with Gasteiger partial charge in [0.15, 0.2) is 0 Å². The van der Waals surface area contributed by atoms with Crippen molar-refractivity contribution in [1.29, 1.82) is 0 Å². The van der Waals surface area contributed by atoms with Gasteiger partial charge in [-0.2, -0.15) is 11.8 Å². The molecule has 1 aliphatic heterocycles. The molecule has 0 bridgehead atoms. The van der Waals surface area contributed by atoms with Gasteiger partial charge in [-0.25, -0.2) is 0 Å². The fraction of sp³-hybridized carbons (Fsp3) is 0.833. The topological polar surface area (TPSA) is 15.3 Å². The molecule has 88 valence electrons. The first kappa shape index (κ1) is 13.1. The van der Waals surface area contributed by atoms with Crippen LogP contribution in [0, 0.1) is 0 Å². The van der Waals surface area contributed by atoms with Gasteiger partial charge in [0, 0.05) is 24.1 Å². The summed E-state index contributed by atoms with van der Waals surface area (Å²) in [6.07, 6.45) is 5.68. The Morgan fingerprint density at radius 1 is 1.53 bits per heavy atom. The third-order valence-electron chi connectivity index (χ3n) is 2.81. The maximum Gasteiger partial charge on any atom is 0.0170 e. The highest BCUT2D eigenvalue weighted by molar-refractivity contribution is 7.99. The lowest BCUT2D eigenvalue weighted by Gasteiger charge is -2.25. The molecule has 0 aromatic rings. The van der Waals surface area contributed by atoms with Crippen LogP contribution >= 0.6 is 11.8 Å². The summed E-state index contributed by atoms with van der Waals surface area (Å²) in [6.45, 7) is 7.35. The number of rotatable bonds is 7. The Kier molecular flexibility index (Phi) is 7.14. The van der Waals surface area contributed by atoms with E-state index in [0.717, 1.165) is 12.5 Å². The van der Waals surface area contributed by atoms with E-state index >= 15 is 0 Å². The summed E-state index contributed by atoms with van der Waals surface area (Å²) < 4.78 is 0. The molecule has 0 radical (unpaired) electrons. The summed E-state index contributed by atoms with van der Waals surface area (Å²) in [5.41, 5.74) is 0. The van der Waals surface area contributed by atoms with Crippen LogP contribution in [-0.2, 0) is 0 Å². The Bertz CT molecular complexity index is 167. The third-order valence-corrected chi connectivity index (χ3v) is 3.94. The zero-order valence-electron chi connectivity index (χ0n) is 9.87. The summed E-state index contributed by atoms with van der Waals surface area (Å²) in [7, 11) is 2.22. The fourth-order valence-corrected chi connectivity index (χ4v) is 2.80. The monoisotopic (exact) mass is 228 g/mol. The molecule has 1 fully saturated rings. The summed E-state index contributed by atoms with van der Waals surface area (Å²) in [6, 6.07) is 0.741. The molecule has 1 unspecified atom stereocenters. The summed E-state index contributed by atoms with van der Waals surface area (Å²) in [5.74, 6) is 2.58. The Balaban J connectivity index is 1.99. The van der Waals surface area contributed by atoms with Crippen molar-refractivity contribution in [3.63, 3.8) is 0 Å². The Hall–Kier alpha value is 0.01000. The first-order valence-electron chi connectivity index (χ1n) is 5.93. The van der Waals surface area contributed by atoms with Crippen molar-refractivity contribution in [3.05, 3.63) is 12.7 Å². The number of nitrogens with zero attached hydrogens (tertiary/aromatic N) is 1. The molecule has 1 heterocycles. The summed E-state index contributed by atoms with van der Waals surface area (Å²) >= 11 is 2.08. The molecule has 15 heavy (non-hydrogen) atoms. The Labute approximate surface area is 98.5 Å². The molecule has 1 N–H and O–H groups in total. The van der Waals surface area contributed by atoms with Gasteiger partial charge in [-0.05, 0) is 39.4 Å². The second-order valence-electron chi connectivity index (χ2n) is 4.25. The average molecular weight is 228 g/mol. The van der Waals surface area contributed by atoms with E-state index in [9.17, 15) is 0 Å². The van der Waals surface area contributed by atoms with E-state index in [4.69, 9.17) is 0 Å². The van der Waals surface area contributed by atoms with Crippen LogP contribution in [0.25, 0.3) is 0 Å². The molecule has 0 amide bonds. The summed E-state index contributed by atoms with van der Waals surface area (Å²) in [4.78, 5) is 2.43. The van der Waals surface area contributed by atoms with Crippen LogP contribution in [0.3, 0.4) is 0 Å². The van der Waals surface area contributed by atoms with Crippen LogP contribution in [0.5, 0.6) is 0 Å². The molecule has 0 saturated carbocycles. The molecule has 1 saturated heterocycles. The van der Waals surface area contributed by atoms with Crippen molar-refractivity contribution in [2.24, 2.45) is 0 Å². The minimum absolute atomic E-state index is 0.741. The van der Waals surface area contributed by atoms with Gasteiger partial charge in [0.1, 0.15) is 0 Å². The number of unbranched alkanes of at least 4 members (excludes halogenated alkanes) is 1. The van der Waals surface area contributed by atoms with E-state index in [2.05, 4.69) is 35.6 Å². The van der Waals surface area contributed by atoms with Crippen LogP contribution in [0.1, 0.15) is 19.3 Å². The van der Waals surface area contributed by atoms with E-state index in [1.165, 1.54) is 44.0 Å². The highest BCUT2D eigenvalue weighted by atomic mass is 32.2. The van der Waals surface area contributed by atoms with Crippen LogP contribution in [-0.4, -0.2) is 49.1 Å². The van der Waals surface area contributed by atoms with Crippen LogP contribution in [0.4, 0.5) is 0 Å². The van der Waals surface area contributed by atoms with Crippen molar-refractivity contribution >= 4 is 11.8 Å². The summed E-state index contributed by atoms with van der Waals surface area (Å²) in [5, 5.41) is 3.58. The Morgan fingerprint density at radius 2 is 2.40 bits per heavy atom. The third kappa shape index (κ3) is 6.23. The molecular weight excluding hydrogens is 204 g/mol. The number of allylic oxidation sites excluding steroid dienone is 1. The van der Waals surface area contributed by atoms with Crippen molar-refractivity contribution in [2.45, 2.75) is 25.3 Å². The van der Waals surface area contributed by atoms with Crippen molar-refractivity contribution in [3.8, 4) is 0 Å². The average Bonchev–Trinajstić information content (AvgIpc) is 2.28. The van der Waals surface area contributed by atoms with Crippen molar-refractivity contribution in [1.82, 2.24) is 10.2 Å². The fourth-order valence-electron chi connectivity index (χ4n) is 1.80. The molecule has 1 rings (SSSR count). The maximum absolute atomic E-state index is 3.75. The second-order valence-corrected chi connectivity index (χ2v) is 5.40. The number of hydrogen-bond acceptors (Lipinski definition) is 3. The van der Waals surface area contributed by atoms with Gasteiger partial charge in [0.2, 0.25) is 0 Å². The van der Waals surface area contributed by atoms with Crippen LogP contribution in [0.2, 0.25) is 0 Å². The van der Waals surface area contributed by atoms with Gasteiger partial charge >= 0.3 is 0 Å². The minimum Gasteiger partial charge on any atom is -0.312 e. The normalized spacial score (nSPS) is 21.9. The van der Waals surface area contributed by atoms with Crippen LogP contribution in [0.15, 0.2) is 12.7 Å². The molecule has 1 aliphatic rings. The van der Waals surface area contributed by atoms with E-state index in [1.807, 2.05) is 6.08 Å². The number of thioether (sulfide) groups is 1.